The minimum Gasteiger partial charge on any atom is -0.480 e. The molecule has 45 heavy (non-hydrogen) atoms. The van der Waals surface area contributed by atoms with E-state index in [1.807, 2.05) is 6.92 Å². The van der Waals surface area contributed by atoms with Gasteiger partial charge in [-0.05, 0) is 44.9 Å². The van der Waals surface area contributed by atoms with Crippen molar-refractivity contribution in [2.24, 2.45) is 0 Å². The number of hydrogen-bond acceptors (Lipinski definition) is 8. The summed E-state index contributed by atoms with van der Waals surface area (Å²) in [6, 6.07) is -1.54. The molecule has 0 aromatic rings. The molecular weight excluding hydrogens is 601 g/mol. The van der Waals surface area contributed by atoms with Gasteiger partial charge in [-0.15, -0.1) is 0 Å². The number of phosphoric acid groups is 1. The zero-order valence-electron chi connectivity index (χ0n) is 27.7. The normalized spacial score (nSPS) is 14.4. The number of rotatable bonds is 31. The van der Waals surface area contributed by atoms with Crippen molar-refractivity contribution in [3.05, 3.63) is 24.3 Å². The Morgan fingerprint density at radius 3 is 1.84 bits per heavy atom. The second-order valence-corrected chi connectivity index (χ2v) is 12.8. The first-order chi connectivity index (χ1) is 21.6. The highest BCUT2D eigenvalue weighted by Crippen LogP contribution is 2.43. The van der Waals surface area contributed by atoms with Crippen LogP contribution in [0.25, 0.3) is 0 Å². The third-order valence-corrected chi connectivity index (χ3v) is 7.94. The summed E-state index contributed by atoms with van der Waals surface area (Å²) in [5.41, 5.74) is 0. The van der Waals surface area contributed by atoms with Crippen LogP contribution < -0.4 is 5.32 Å². The van der Waals surface area contributed by atoms with Crippen molar-refractivity contribution in [3.63, 3.8) is 0 Å². The number of unbranched alkanes of at least 4 members (excludes halogenated alkanes) is 13. The summed E-state index contributed by atoms with van der Waals surface area (Å²) in [6.07, 6.45) is 25.9. The van der Waals surface area contributed by atoms with Crippen LogP contribution in [-0.4, -0.2) is 64.9 Å². The van der Waals surface area contributed by atoms with Crippen LogP contribution in [0, 0.1) is 0 Å². The summed E-state index contributed by atoms with van der Waals surface area (Å²) in [6.45, 7) is 2.35. The fourth-order valence-electron chi connectivity index (χ4n) is 4.28. The number of aliphatic hydroxyl groups excluding tert-OH is 1. The van der Waals surface area contributed by atoms with E-state index in [9.17, 15) is 34.1 Å². The van der Waals surface area contributed by atoms with Gasteiger partial charge in [0.25, 0.3) is 0 Å². The lowest BCUT2D eigenvalue weighted by Gasteiger charge is -2.18. The first-order valence-corrected chi connectivity index (χ1v) is 18.4. The van der Waals surface area contributed by atoms with Crippen molar-refractivity contribution in [1.82, 2.24) is 5.32 Å². The summed E-state index contributed by atoms with van der Waals surface area (Å²) in [5.74, 6) is -2.41. The number of carboxylic acids is 1. The van der Waals surface area contributed by atoms with Crippen LogP contribution in [0.15, 0.2) is 24.3 Å². The predicted octanol–water partition coefficient (Wildman–Crippen LogP) is 7.16. The molecule has 0 aliphatic rings. The van der Waals surface area contributed by atoms with E-state index in [0.717, 1.165) is 51.4 Å². The minimum absolute atomic E-state index is 0.137. The molecule has 262 valence electrons. The van der Waals surface area contributed by atoms with Crippen LogP contribution in [0.4, 0.5) is 0 Å². The molecule has 0 bridgehead atoms. The predicted molar refractivity (Wildman–Crippen MR) is 176 cm³/mol. The number of allylic oxidation sites excluding steroid dienone is 4. The summed E-state index contributed by atoms with van der Waals surface area (Å²) in [4.78, 5) is 45.0. The maximum Gasteiger partial charge on any atom is 0.472 e. The number of phosphoric ester groups is 1. The van der Waals surface area contributed by atoms with Crippen LogP contribution in [0.3, 0.4) is 0 Å². The summed E-state index contributed by atoms with van der Waals surface area (Å²) in [5, 5.41) is 21.5. The van der Waals surface area contributed by atoms with E-state index in [1.54, 1.807) is 0 Å². The van der Waals surface area contributed by atoms with E-state index in [2.05, 4.69) is 45.6 Å². The number of esters is 1. The topological polar surface area (TPSA) is 169 Å². The number of ether oxygens (including phenoxy) is 1. The van der Waals surface area contributed by atoms with Gasteiger partial charge in [-0.2, -0.15) is 0 Å². The first-order valence-electron chi connectivity index (χ1n) is 16.9. The van der Waals surface area contributed by atoms with Crippen LogP contribution >= 0.6 is 7.82 Å². The fourth-order valence-corrected chi connectivity index (χ4v) is 5.06. The molecule has 0 aliphatic carbocycles. The summed E-state index contributed by atoms with van der Waals surface area (Å²) in [7, 11) is -4.73. The largest absolute Gasteiger partial charge is 0.480 e. The maximum absolute atomic E-state index is 12.1. The van der Waals surface area contributed by atoms with E-state index in [4.69, 9.17) is 4.74 Å². The number of carboxylic acid groups (broad SMARTS) is 1. The monoisotopic (exact) mass is 661 g/mol. The van der Waals surface area contributed by atoms with Crippen molar-refractivity contribution < 1.29 is 47.8 Å². The van der Waals surface area contributed by atoms with Gasteiger partial charge in [-0.3, -0.25) is 18.6 Å². The third kappa shape index (κ3) is 29.1. The molecule has 0 aromatic carbocycles. The average molecular weight is 662 g/mol. The van der Waals surface area contributed by atoms with Crippen molar-refractivity contribution in [2.45, 2.75) is 148 Å². The minimum atomic E-state index is -4.73. The molecular formula is C33H60NO10P. The Hall–Kier alpha value is -2.04. The quantitative estimate of drug-likeness (QED) is 0.0259. The van der Waals surface area contributed by atoms with Crippen LogP contribution in [0.5, 0.6) is 0 Å². The molecule has 3 atom stereocenters. The number of nitrogens with one attached hydrogen (secondary N) is 1. The second-order valence-electron chi connectivity index (χ2n) is 11.4. The van der Waals surface area contributed by atoms with Gasteiger partial charge in [-0.25, -0.2) is 9.36 Å². The van der Waals surface area contributed by atoms with Crippen LogP contribution in [0.2, 0.25) is 0 Å². The number of hydrogen-bond donors (Lipinski definition) is 4. The molecule has 0 fully saturated rings. The number of carbonyl (C=O) groups excluding carboxylic acids is 2. The molecule has 4 N–H and O–H groups in total. The lowest BCUT2D eigenvalue weighted by atomic mass is 10.1. The smallest absolute Gasteiger partial charge is 0.472 e. The van der Waals surface area contributed by atoms with Gasteiger partial charge in [0.15, 0.2) is 6.04 Å². The summed E-state index contributed by atoms with van der Waals surface area (Å²) >= 11 is 0. The number of aliphatic hydroxyl groups is 1. The van der Waals surface area contributed by atoms with Crippen molar-refractivity contribution in [3.8, 4) is 0 Å². The van der Waals surface area contributed by atoms with Gasteiger partial charge in [0.1, 0.15) is 12.7 Å². The molecule has 0 aromatic heterocycles. The highest BCUT2D eigenvalue weighted by molar-refractivity contribution is 7.47. The van der Waals surface area contributed by atoms with Gasteiger partial charge < -0.3 is 25.2 Å². The van der Waals surface area contributed by atoms with Gasteiger partial charge in [0.2, 0.25) is 5.91 Å². The average Bonchev–Trinajstić information content (AvgIpc) is 3.00. The van der Waals surface area contributed by atoms with Gasteiger partial charge in [-0.1, -0.05) is 102 Å². The molecule has 11 nitrogen and oxygen atoms in total. The van der Waals surface area contributed by atoms with E-state index in [1.165, 1.54) is 44.9 Å². The molecule has 3 unspecified atom stereocenters. The van der Waals surface area contributed by atoms with Crippen molar-refractivity contribution in [2.75, 3.05) is 19.8 Å². The molecule has 0 radical (unpaired) electrons. The number of carbonyl (C=O) groups is 3. The molecule has 12 heteroatoms. The highest BCUT2D eigenvalue weighted by Gasteiger charge is 2.28. The zero-order chi connectivity index (χ0) is 33.6. The Morgan fingerprint density at radius 1 is 0.711 bits per heavy atom. The van der Waals surface area contributed by atoms with Gasteiger partial charge in [0.05, 0.1) is 13.2 Å². The first kappa shape index (κ1) is 43.0. The third-order valence-electron chi connectivity index (χ3n) is 6.99. The lowest BCUT2D eigenvalue weighted by molar-refractivity contribution is -0.147. The molecule has 0 spiro atoms. The molecule has 0 saturated carbocycles. The zero-order valence-corrected chi connectivity index (χ0v) is 28.6. The van der Waals surface area contributed by atoms with Crippen molar-refractivity contribution in [1.29, 1.82) is 0 Å². The fraction of sp³-hybridized carbons (Fsp3) is 0.788. The van der Waals surface area contributed by atoms with E-state index in [-0.39, 0.29) is 12.8 Å². The Morgan fingerprint density at radius 2 is 1.22 bits per heavy atom. The highest BCUT2D eigenvalue weighted by atomic mass is 31.2. The molecule has 0 rings (SSSR count). The van der Waals surface area contributed by atoms with E-state index in [0.29, 0.717) is 12.8 Å². The van der Waals surface area contributed by atoms with E-state index >= 15 is 0 Å². The lowest BCUT2D eigenvalue weighted by Crippen LogP contribution is -2.43. The van der Waals surface area contributed by atoms with Gasteiger partial charge >= 0.3 is 19.8 Å². The Labute approximate surface area is 270 Å². The number of amides is 1. The van der Waals surface area contributed by atoms with Gasteiger partial charge in [0, 0.05) is 12.8 Å². The molecule has 0 saturated heterocycles. The molecule has 0 heterocycles. The van der Waals surface area contributed by atoms with Crippen molar-refractivity contribution >= 4 is 25.7 Å². The standard InChI is InChI=1S/C33H60NO10P/c1-3-5-7-9-10-11-12-13-14-15-16-17-18-19-20-21-23-25-32(37)42-26-29(35)27-43-45(40,41)44-28-30(33(38)39)34-31(36)24-22-8-6-4-2/h10-11,13-14,29-30,35H,3-9,12,15-28H2,1-2H3,(H,34,36)(H,38,39)(H,40,41)/b11-10-,14-13-. The Kier molecular flexibility index (Phi) is 28.0. The summed E-state index contributed by atoms with van der Waals surface area (Å²) < 4.78 is 26.4. The maximum atomic E-state index is 12.1. The number of aliphatic carboxylic acids is 1. The van der Waals surface area contributed by atoms with Crippen LogP contribution in [0.1, 0.15) is 136 Å². The molecule has 0 aliphatic heterocycles. The Bertz CT molecular complexity index is 880. The molecule has 1 amide bonds. The Balaban J connectivity index is 3.89. The SMILES string of the molecule is CCCCC/C=C\C/C=C\CCCCCCCCCC(=O)OCC(O)COP(=O)(O)OCC(NC(=O)CCCCCC)C(=O)O. The van der Waals surface area contributed by atoms with Crippen LogP contribution in [-0.2, 0) is 32.7 Å². The second kappa shape index (κ2) is 29.4. The van der Waals surface area contributed by atoms with E-state index < -0.39 is 57.6 Å².